The van der Waals surface area contributed by atoms with E-state index < -0.39 is 0 Å². The fraction of sp³-hybridized carbons (Fsp3) is 0.571. The van der Waals surface area contributed by atoms with Crippen molar-refractivity contribution in [3.05, 3.63) is 33.4 Å². The first-order chi connectivity index (χ1) is 7.79. The minimum Gasteiger partial charge on any atom is -0.314 e. The quantitative estimate of drug-likeness (QED) is 0.814. The van der Waals surface area contributed by atoms with Crippen LogP contribution in [0.1, 0.15) is 31.7 Å². The molecule has 0 aromatic heterocycles. The van der Waals surface area contributed by atoms with Crippen molar-refractivity contribution in [2.45, 2.75) is 38.6 Å². The zero-order chi connectivity index (χ0) is 11.4. The van der Waals surface area contributed by atoms with Crippen LogP contribution in [0.2, 0.25) is 0 Å². The highest BCUT2D eigenvalue weighted by Gasteiger charge is 2.26. The number of likely N-dealkylation sites (N-methyl/N-ethyl adjacent to an activating group) is 1. The second-order valence-corrected chi connectivity index (χ2v) is 5.93. The van der Waals surface area contributed by atoms with Gasteiger partial charge in [0, 0.05) is 9.61 Å². The number of rotatable bonds is 5. The van der Waals surface area contributed by atoms with Crippen LogP contribution < -0.4 is 5.32 Å². The molecule has 1 aromatic carbocycles. The van der Waals surface area contributed by atoms with E-state index in [1.54, 1.807) is 0 Å². The molecule has 1 aromatic rings. The molecule has 0 spiro atoms. The normalized spacial score (nSPS) is 18.1. The Hall–Kier alpha value is -0.0900. The topological polar surface area (TPSA) is 12.0 Å². The Labute approximate surface area is 112 Å². The fourth-order valence-electron chi connectivity index (χ4n) is 2.38. The average molecular weight is 329 g/mol. The lowest BCUT2D eigenvalue weighted by atomic mass is 9.77. The molecule has 1 aliphatic rings. The van der Waals surface area contributed by atoms with Crippen LogP contribution in [0.5, 0.6) is 0 Å². The average Bonchev–Trinajstić information content (AvgIpc) is 2.19. The van der Waals surface area contributed by atoms with Crippen LogP contribution in [-0.4, -0.2) is 12.6 Å². The Balaban J connectivity index is 1.96. The monoisotopic (exact) mass is 329 g/mol. The van der Waals surface area contributed by atoms with E-state index in [1.165, 1.54) is 34.8 Å². The summed E-state index contributed by atoms with van der Waals surface area (Å²) in [5, 5.41) is 3.65. The van der Waals surface area contributed by atoms with Crippen molar-refractivity contribution in [3.63, 3.8) is 0 Å². The minimum absolute atomic E-state index is 0.693. The fourth-order valence-corrected chi connectivity index (χ4v) is 2.74. The SMILES string of the molecule is CCNC(Cc1ccc(I)cc1)C1CCC1. The molecule has 2 rings (SSSR count). The molecule has 1 saturated carbocycles. The van der Waals surface area contributed by atoms with E-state index in [4.69, 9.17) is 0 Å². The second-order valence-electron chi connectivity index (χ2n) is 4.69. The number of nitrogens with one attached hydrogen (secondary N) is 1. The highest BCUT2D eigenvalue weighted by molar-refractivity contribution is 14.1. The summed E-state index contributed by atoms with van der Waals surface area (Å²) in [6, 6.07) is 9.65. The number of halogens is 1. The summed E-state index contributed by atoms with van der Waals surface area (Å²) in [5.41, 5.74) is 1.47. The number of benzene rings is 1. The molecular formula is C14H20IN. The molecule has 0 saturated heterocycles. The first kappa shape index (κ1) is 12.4. The van der Waals surface area contributed by atoms with Crippen LogP contribution >= 0.6 is 22.6 Å². The van der Waals surface area contributed by atoms with Crippen molar-refractivity contribution in [3.8, 4) is 0 Å². The third kappa shape index (κ3) is 3.20. The molecule has 0 bridgehead atoms. The number of hydrogen-bond acceptors (Lipinski definition) is 1. The van der Waals surface area contributed by atoms with E-state index in [9.17, 15) is 0 Å². The van der Waals surface area contributed by atoms with E-state index >= 15 is 0 Å². The molecular weight excluding hydrogens is 309 g/mol. The van der Waals surface area contributed by atoms with Crippen molar-refractivity contribution in [2.75, 3.05) is 6.54 Å². The molecule has 0 aliphatic heterocycles. The molecule has 0 amide bonds. The largest absolute Gasteiger partial charge is 0.314 e. The van der Waals surface area contributed by atoms with Crippen LogP contribution in [0.15, 0.2) is 24.3 Å². The first-order valence-electron chi connectivity index (χ1n) is 6.27. The lowest BCUT2D eigenvalue weighted by molar-refractivity contribution is 0.229. The predicted octanol–water partition coefficient (Wildman–Crippen LogP) is 3.61. The van der Waals surface area contributed by atoms with Crippen LogP contribution in [0.4, 0.5) is 0 Å². The van der Waals surface area contributed by atoms with Gasteiger partial charge in [0.1, 0.15) is 0 Å². The molecule has 1 fully saturated rings. The maximum absolute atomic E-state index is 3.65. The molecule has 2 heteroatoms. The van der Waals surface area contributed by atoms with Crippen molar-refractivity contribution in [1.29, 1.82) is 0 Å². The summed E-state index contributed by atoms with van der Waals surface area (Å²) in [5.74, 6) is 0.916. The summed E-state index contributed by atoms with van der Waals surface area (Å²) in [7, 11) is 0. The molecule has 1 unspecified atom stereocenters. The van der Waals surface area contributed by atoms with Gasteiger partial charge < -0.3 is 5.32 Å². The Kier molecular flexibility index (Phi) is 4.65. The predicted molar refractivity (Wildman–Crippen MR) is 77.7 cm³/mol. The van der Waals surface area contributed by atoms with Crippen molar-refractivity contribution >= 4 is 22.6 Å². The maximum Gasteiger partial charge on any atom is 0.0136 e. The summed E-state index contributed by atoms with van der Waals surface area (Å²) in [4.78, 5) is 0. The van der Waals surface area contributed by atoms with Crippen molar-refractivity contribution in [2.24, 2.45) is 5.92 Å². The molecule has 1 N–H and O–H groups in total. The van der Waals surface area contributed by atoms with Gasteiger partial charge in [0.25, 0.3) is 0 Å². The van der Waals surface area contributed by atoms with E-state index in [-0.39, 0.29) is 0 Å². The Morgan fingerprint density at radius 3 is 2.50 bits per heavy atom. The van der Waals surface area contributed by atoms with E-state index in [1.807, 2.05) is 0 Å². The number of hydrogen-bond donors (Lipinski definition) is 1. The third-order valence-electron chi connectivity index (χ3n) is 3.55. The summed E-state index contributed by atoms with van der Waals surface area (Å²) < 4.78 is 1.32. The van der Waals surface area contributed by atoms with Crippen molar-refractivity contribution in [1.82, 2.24) is 5.32 Å². The third-order valence-corrected chi connectivity index (χ3v) is 4.27. The van der Waals surface area contributed by atoms with Gasteiger partial charge in [-0.05, 0) is 72.0 Å². The van der Waals surface area contributed by atoms with E-state index in [2.05, 4.69) is 59.1 Å². The van der Waals surface area contributed by atoms with Crippen molar-refractivity contribution < 1.29 is 0 Å². The van der Waals surface area contributed by atoms with Gasteiger partial charge in [-0.15, -0.1) is 0 Å². The Bertz CT molecular complexity index is 316. The van der Waals surface area contributed by atoms with Crippen LogP contribution in [0.25, 0.3) is 0 Å². The second kappa shape index (κ2) is 6.01. The molecule has 1 aliphatic carbocycles. The zero-order valence-corrected chi connectivity index (χ0v) is 12.0. The van der Waals surface area contributed by atoms with Gasteiger partial charge in [0.2, 0.25) is 0 Å². The van der Waals surface area contributed by atoms with Gasteiger partial charge in [-0.2, -0.15) is 0 Å². The van der Waals surface area contributed by atoms with Gasteiger partial charge in [-0.1, -0.05) is 25.5 Å². The Morgan fingerprint density at radius 2 is 2.00 bits per heavy atom. The summed E-state index contributed by atoms with van der Waals surface area (Å²) >= 11 is 2.36. The molecule has 0 radical (unpaired) electrons. The lowest BCUT2D eigenvalue weighted by Crippen LogP contribution is -2.41. The molecule has 0 heterocycles. The van der Waals surface area contributed by atoms with Gasteiger partial charge >= 0.3 is 0 Å². The van der Waals surface area contributed by atoms with Gasteiger partial charge in [0.05, 0.1) is 0 Å². The maximum atomic E-state index is 3.65. The lowest BCUT2D eigenvalue weighted by Gasteiger charge is -2.34. The van der Waals surface area contributed by atoms with E-state index in [0.717, 1.165) is 12.5 Å². The smallest absolute Gasteiger partial charge is 0.0136 e. The first-order valence-corrected chi connectivity index (χ1v) is 7.35. The molecule has 16 heavy (non-hydrogen) atoms. The standard InChI is InChI=1S/C14H20IN/c1-2-16-14(12-4-3-5-12)10-11-6-8-13(15)9-7-11/h6-9,12,14,16H,2-5,10H2,1H3. The van der Waals surface area contributed by atoms with E-state index in [0.29, 0.717) is 6.04 Å². The highest BCUT2D eigenvalue weighted by atomic mass is 127. The van der Waals surface area contributed by atoms with Crippen LogP contribution in [-0.2, 0) is 6.42 Å². The Morgan fingerprint density at radius 1 is 1.31 bits per heavy atom. The molecule has 88 valence electrons. The highest BCUT2D eigenvalue weighted by Crippen LogP contribution is 2.31. The summed E-state index contributed by atoms with van der Waals surface area (Å²) in [6.45, 7) is 3.30. The molecule has 1 nitrogen and oxygen atoms in total. The van der Waals surface area contributed by atoms with Gasteiger partial charge in [0.15, 0.2) is 0 Å². The van der Waals surface area contributed by atoms with Gasteiger partial charge in [-0.25, -0.2) is 0 Å². The van der Waals surface area contributed by atoms with Gasteiger partial charge in [-0.3, -0.25) is 0 Å². The summed E-state index contributed by atoms with van der Waals surface area (Å²) in [6.07, 6.45) is 5.46. The zero-order valence-electron chi connectivity index (χ0n) is 9.88. The van der Waals surface area contributed by atoms with Crippen LogP contribution in [0.3, 0.4) is 0 Å². The molecule has 1 atom stereocenters. The minimum atomic E-state index is 0.693. The van der Waals surface area contributed by atoms with Crippen LogP contribution in [0, 0.1) is 9.49 Å².